The molecule has 0 fully saturated rings. The van der Waals surface area contributed by atoms with Crippen molar-refractivity contribution in [1.82, 2.24) is 5.43 Å². The third-order valence-electron chi connectivity index (χ3n) is 0.933. The molecule has 0 aromatic heterocycles. The van der Waals surface area contributed by atoms with Crippen LogP contribution in [0.25, 0.3) is 0 Å². The Hall–Kier alpha value is -0.860. The van der Waals surface area contributed by atoms with E-state index >= 15 is 0 Å². The molecule has 0 aliphatic carbocycles. The minimum absolute atomic E-state index is 0.869. The number of rotatable bonds is 5. The van der Waals surface area contributed by atoms with Crippen molar-refractivity contribution in [3.05, 3.63) is 0 Å². The molecule has 0 spiro atoms. The summed E-state index contributed by atoms with van der Waals surface area (Å²) in [5.41, 5.74) is 2.90. The van der Waals surface area contributed by atoms with Gasteiger partial charge in [0.25, 0.3) is 0 Å². The Morgan fingerprint density at radius 2 is 2.20 bits per heavy atom. The van der Waals surface area contributed by atoms with Gasteiger partial charge in [-0.3, -0.25) is 0 Å². The van der Waals surface area contributed by atoms with Gasteiger partial charge in [0.1, 0.15) is 0 Å². The molecule has 0 unspecified atom stereocenters. The Bertz CT molecular complexity index is 107. The zero-order valence-electron chi connectivity index (χ0n) is 6.67. The van der Waals surface area contributed by atoms with Crippen molar-refractivity contribution in [2.75, 3.05) is 13.6 Å². The molecule has 58 valence electrons. The van der Waals surface area contributed by atoms with Crippen molar-refractivity contribution in [2.24, 2.45) is 10.1 Å². The van der Waals surface area contributed by atoms with E-state index in [1.807, 2.05) is 12.4 Å². The number of hydrazone groups is 1. The molecule has 0 aromatic carbocycles. The Morgan fingerprint density at radius 3 is 2.80 bits per heavy atom. The largest absolute Gasteiger partial charge is 0.310 e. The minimum Gasteiger partial charge on any atom is -0.310 e. The van der Waals surface area contributed by atoms with Crippen LogP contribution in [0.4, 0.5) is 0 Å². The second kappa shape index (κ2) is 8.14. The lowest BCUT2D eigenvalue weighted by atomic mass is 10.5. The summed E-state index contributed by atoms with van der Waals surface area (Å²) in [6.07, 6.45) is 5.64. The average Bonchev–Trinajstić information content (AvgIpc) is 1.97. The SMILES string of the molecule is CC/C=N/NCCC=NC. The topological polar surface area (TPSA) is 36.8 Å². The highest BCUT2D eigenvalue weighted by Gasteiger charge is 1.75. The number of hydrogen-bond donors (Lipinski definition) is 1. The first-order valence-corrected chi connectivity index (χ1v) is 3.56. The lowest BCUT2D eigenvalue weighted by molar-refractivity contribution is 0.759. The van der Waals surface area contributed by atoms with Crippen molar-refractivity contribution in [3.8, 4) is 0 Å². The van der Waals surface area contributed by atoms with E-state index in [1.54, 1.807) is 7.05 Å². The van der Waals surface area contributed by atoms with E-state index in [-0.39, 0.29) is 0 Å². The molecule has 0 aliphatic rings. The van der Waals surface area contributed by atoms with Crippen LogP contribution in [0.1, 0.15) is 19.8 Å². The summed E-state index contributed by atoms with van der Waals surface area (Å²) in [6, 6.07) is 0. The highest BCUT2D eigenvalue weighted by Crippen LogP contribution is 1.70. The Balaban J connectivity index is 2.97. The predicted molar refractivity (Wildman–Crippen MR) is 45.8 cm³/mol. The molecule has 0 aliphatic heterocycles. The maximum atomic E-state index is 3.92. The van der Waals surface area contributed by atoms with Gasteiger partial charge in [-0.1, -0.05) is 6.92 Å². The Morgan fingerprint density at radius 1 is 1.40 bits per heavy atom. The molecule has 0 saturated heterocycles. The van der Waals surface area contributed by atoms with E-state index in [1.165, 1.54) is 0 Å². The molecule has 0 rings (SSSR count). The zero-order valence-corrected chi connectivity index (χ0v) is 6.67. The molecule has 3 nitrogen and oxygen atoms in total. The molecule has 0 bridgehead atoms. The van der Waals surface area contributed by atoms with Gasteiger partial charge in [0.15, 0.2) is 0 Å². The van der Waals surface area contributed by atoms with Crippen molar-refractivity contribution >= 4 is 12.4 Å². The average molecular weight is 141 g/mol. The first-order valence-electron chi connectivity index (χ1n) is 3.56. The molecule has 0 atom stereocenters. The summed E-state index contributed by atoms with van der Waals surface area (Å²) in [5, 5.41) is 3.92. The summed E-state index contributed by atoms with van der Waals surface area (Å²) in [6.45, 7) is 2.92. The van der Waals surface area contributed by atoms with Gasteiger partial charge in [0.05, 0.1) is 0 Å². The smallest absolute Gasteiger partial charge is 0.0378 e. The standard InChI is InChI=1S/C7H15N3/c1-3-5-9-10-7-4-6-8-2/h5-6,10H,3-4,7H2,1-2H3/b8-6?,9-5+. The molecular weight excluding hydrogens is 126 g/mol. The lowest BCUT2D eigenvalue weighted by Gasteiger charge is -1.92. The van der Waals surface area contributed by atoms with Gasteiger partial charge in [0.2, 0.25) is 0 Å². The fraction of sp³-hybridized carbons (Fsp3) is 0.714. The van der Waals surface area contributed by atoms with Crippen LogP contribution in [-0.4, -0.2) is 26.0 Å². The summed E-state index contributed by atoms with van der Waals surface area (Å²) < 4.78 is 0. The van der Waals surface area contributed by atoms with Crippen molar-refractivity contribution in [3.63, 3.8) is 0 Å². The zero-order chi connectivity index (χ0) is 7.66. The monoisotopic (exact) mass is 141 g/mol. The van der Waals surface area contributed by atoms with E-state index < -0.39 is 0 Å². The first-order chi connectivity index (χ1) is 4.91. The Labute approximate surface area is 62.2 Å². The predicted octanol–water partition coefficient (Wildman–Crippen LogP) is 1.06. The summed E-state index contributed by atoms with van der Waals surface area (Å²) in [5.74, 6) is 0. The quantitative estimate of drug-likeness (QED) is 0.347. The lowest BCUT2D eigenvalue weighted by Crippen LogP contribution is -2.07. The molecule has 0 saturated carbocycles. The highest BCUT2D eigenvalue weighted by molar-refractivity contribution is 5.57. The van der Waals surface area contributed by atoms with E-state index in [4.69, 9.17) is 0 Å². The van der Waals surface area contributed by atoms with Crippen LogP contribution in [0.3, 0.4) is 0 Å². The van der Waals surface area contributed by atoms with Gasteiger partial charge in [-0.05, 0) is 6.42 Å². The van der Waals surface area contributed by atoms with E-state index in [0.717, 1.165) is 19.4 Å². The maximum absolute atomic E-state index is 3.92. The second-order valence-electron chi connectivity index (χ2n) is 1.86. The van der Waals surface area contributed by atoms with Gasteiger partial charge < -0.3 is 10.4 Å². The summed E-state index contributed by atoms with van der Waals surface area (Å²) >= 11 is 0. The van der Waals surface area contributed by atoms with Crippen LogP contribution in [0.5, 0.6) is 0 Å². The number of nitrogens with one attached hydrogen (secondary N) is 1. The van der Waals surface area contributed by atoms with Crippen LogP contribution in [0.2, 0.25) is 0 Å². The number of aliphatic imine (C=N–C) groups is 1. The van der Waals surface area contributed by atoms with E-state index in [2.05, 4.69) is 22.4 Å². The van der Waals surface area contributed by atoms with Gasteiger partial charge >= 0.3 is 0 Å². The minimum atomic E-state index is 0.869. The molecule has 0 heterocycles. The van der Waals surface area contributed by atoms with Crippen molar-refractivity contribution in [1.29, 1.82) is 0 Å². The van der Waals surface area contributed by atoms with E-state index in [0.29, 0.717) is 0 Å². The molecule has 0 radical (unpaired) electrons. The summed E-state index contributed by atoms with van der Waals surface area (Å²) in [7, 11) is 1.77. The molecule has 10 heavy (non-hydrogen) atoms. The molecule has 1 N–H and O–H groups in total. The molecule has 0 aromatic rings. The van der Waals surface area contributed by atoms with Gasteiger partial charge in [-0.2, -0.15) is 5.10 Å². The van der Waals surface area contributed by atoms with Crippen LogP contribution < -0.4 is 5.43 Å². The molecular formula is C7H15N3. The number of nitrogens with zero attached hydrogens (tertiary/aromatic N) is 2. The Kier molecular flexibility index (Phi) is 7.44. The van der Waals surface area contributed by atoms with Crippen LogP contribution in [-0.2, 0) is 0 Å². The maximum Gasteiger partial charge on any atom is 0.0378 e. The fourth-order valence-corrected chi connectivity index (χ4v) is 0.479. The first kappa shape index (κ1) is 9.14. The molecule has 3 heteroatoms. The van der Waals surface area contributed by atoms with Crippen LogP contribution >= 0.6 is 0 Å². The van der Waals surface area contributed by atoms with Crippen molar-refractivity contribution < 1.29 is 0 Å². The summed E-state index contributed by atoms with van der Waals surface area (Å²) in [4.78, 5) is 3.84. The van der Waals surface area contributed by atoms with Crippen molar-refractivity contribution in [2.45, 2.75) is 19.8 Å². The van der Waals surface area contributed by atoms with Gasteiger partial charge in [0, 0.05) is 32.4 Å². The third kappa shape index (κ3) is 7.14. The van der Waals surface area contributed by atoms with Crippen LogP contribution in [0, 0.1) is 0 Å². The fourth-order valence-electron chi connectivity index (χ4n) is 0.479. The van der Waals surface area contributed by atoms with Crippen LogP contribution in [0.15, 0.2) is 10.1 Å². The second-order valence-corrected chi connectivity index (χ2v) is 1.86. The number of hydrogen-bond acceptors (Lipinski definition) is 3. The van der Waals surface area contributed by atoms with Gasteiger partial charge in [-0.15, -0.1) is 0 Å². The molecule has 0 amide bonds. The normalized spacial score (nSPS) is 11.4. The van der Waals surface area contributed by atoms with E-state index in [9.17, 15) is 0 Å². The highest BCUT2D eigenvalue weighted by atomic mass is 15.3. The van der Waals surface area contributed by atoms with Gasteiger partial charge in [-0.25, -0.2) is 0 Å². The third-order valence-corrected chi connectivity index (χ3v) is 0.933.